The quantitative estimate of drug-likeness (QED) is 0.673. The van der Waals surface area contributed by atoms with Crippen molar-refractivity contribution in [2.24, 2.45) is 13.0 Å². The zero-order valence-electron chi connectivity index (χ0n) is 17.0. The molecule has 5 heteroatoms. The molecule has 5 nitrogen and oxygen atoms in total. The number of aryl methyl sites for hydroxylation is 2. The Balaban J connectivity index is 1.31. The van der Waals surface area contributed by atoms with E-state index in [0.29, 0.717) is 5.69 Å². The van der Waals surface area contributed by atoms with Crippen molar-refractivity contribution in [1.82, 2.24) is 9.47 Å². The molecule has 1 N–H and O–H groups in total. The number of likely N-dealkylation sites (tertiary alicyclic amines) is 1. The molecule has 2 heterocycles. The summed E-state index contributed by atoms with van der Waals surface area (Å²) in [6, 6.07) is 16.3. The van der Waals surface area contributed by atoms with Crippen molar-refractivity contribution in [3.05, 3.63) is 65.9 Å². The molecule has 29 heavy (non-hydrogen) atoms. The van der Waals surface area contributed by atoms with E-state index in [2.05, 4.69) is 41.4 Å². The maximum atomic E-state index is 12.6. The third kappa shape index (κ3) is 4.40. The summed E-state index contributed by atoms with van der Waals surface area (Å²) in [7, 11) is 1.98. The van der Waals surface area contributed by atoms with Crippen LogP contribution >= 0.6 is 0 Å². The van der Waals surface area contributed by atoms with Crippen LogP contribution in [0.4, 0.5) is 5.69 Å². The Morgan fingerprint density at radius 2 is 1.76 bits per heavy atom. The highest BCUT2D eigenvalue weighted by molar-refractivity contribution is 6.41. The van der Waals surface area contributed by atoms with Crippen molar-refractivity contribution in [3.8, 4) is 0 Å². The smallest absolute Gasteiger partial charge is 0.292 e. The fourth-order valence-electron chi connectivity index (χ4n) is 4.04. The number of anilines is 1. The van der Waals surface area contributed by atoms with Gasteiger partial charge in [0.25, 0.3) is 5.91 Å². The topological polar surface area (TPSA) is 54.3 Å². The van der Waals surface area contributed by atoms with Crippen molar-refractivity contribution in [3.63, 3.8) is 0 Å². The first-order chi connectivity index (χ1) is 14.0. The van der Waals surface area contributed by atoms with Gasteiger partial charge in [0, 0.05) is 42.3 Å². The maximum absolute atomic E-state index is 12.6. The lowest BCUT2D eigenvalue weighted by molar-refractivity contribution is -0.138. The number of carbonyl (C=O) groups excluding carboxylic acids is 2. The van der Waals surface area contributed by atoms with Crippen molar-refractivity contribution in [2.75, 3.05) is 18.4 Å². The molecular weight excluding hydrogens is 362 g/mol. The molecule has 2 aromatic carbocycles. The number of hydrogen-bond acceptors (Lipinski definition) is 3. The van der Waals surface area contributed by atoms with Crippen molar-refractivity contribution < 1.29 is 9.59 Å². The van der Waals surface area contributed by atoms with Gasteiger partial charge in [-0.2, -0.15) is 0 Å². The summed E-state index contributed by atoms with van der Waals surface area (Å²) < 4.78 is 2.02. The first kappa shape index (κ1) is 19.4. The molecule has 1 saturated heterocycles. The number of ketones is 1. The van der Waals surface area contributed by atoms with Crippen LogP contribution < -0.4 is 5.32 Å². The summed E-state index contributed by atoms with van der Waals surface area (Å²) in [5, 5.41) is 3.83. The van der Waals surface area contributed by atoms with E-state index in [4.69, 9.17) is 0 Å². The van der Waals surface area contributed by atoms with Gasteiger partial charge in [-0.15, -0.1) is 0 Å². The van der Waals surface area contributed by atoms with Crippen LogP contribution in [0.3, 0.4) is 0 Å². The van der Waals surface area contributed by atoms with Crippen LogP contribution in [0.2, 0.25) is 0 Å². The number of benzene rings is 2. The largest absolute Gasteiger partial charge is 0.351 e. The molecule has 1 aromatic heterocycles. The number of nitrogens with one attached hydrogen (secondary N) is 1. The van der Waals surface area contributed by atoms with Gasteiger partial charge >= 0.3 is 0 Å². The minimum absolute atomic E-state index is 0.190. The number of hydrogen-bond donors (Lipinski definition) is 1. The van der Waals surface area contributed by atoms with E-state index in [-0.39, 0.29) is 11.7 Å². The molecule has 0 bridgehead atoms. The fourth-order valence-corrected chi connectivity index (χ4v) is 4.04. The molecule has 0 saturated carbocycles. The third-order valence-corrected chi connectivity index (χ3v) is 5.85. The number of rotatable bonds is 5. The molecule has 0 atom stereocenters. The number of amides is 1. The van der Waals surface area contributed by atoms with Gasteiger partial charge in [-0.05, 0) is 62.7 Å². The molecule has 1 amide bonds. The van der Waals surface area contributed by atoms with Gasteiger partial charge in [0.1, 0.15) is 0 Å². The highest BCUT2D eigenvalue weighted by Crippen LogP contribution is 2.22. The molecule has 1 aliphatic rings. The summed E-state index contributed by atoms with van der Waals surface area (Å²) in [5.74, 6) is -0.991. The lowest BCUT2D eigenvalue weighted by Crippen LogP contribution is -2.39. The molecule has 0 unspecified atom stereocenters. The van der Waals surface area contributed by atoms with E-state index >= 15 is 0 Å². The van der Waals surface area contributed by atoms with Gasteiger partial charge in [-0.25, -0.2) is 0 Å². The fraction of sp³-hybridized carbons (Fsp3) is 0.333. The monoisotopic (exact) mass is 389 g/mol. The minimum Gasteiger partial charge on any atom is -0.351 e. The van der Waals surface area contributed by atoms with E-state index < -0.39 is 5.91 Å². The SMILES string of the molecule is Cc1ccc(CN2CCC(C(=O)C(=O)Nc3ccc4c(ccn4C)c3)CC2)cc1. The number of carbonyl (C=O) groups is 2. The van der Waals surface area contributed by atoms with Gasteiger partial charge in [0.05, 0.1) is 0 Å². The summed E-state index contributed by atoms with van der Waals surface area (Å²) in [5.41, 5.74) is 4.30. The van der Waals surface area contributed by atoms with E-state index in [1.54, 1.807) is 0 Å². The Kier molecular flexibility index (Phi) is 5.49. The predicted molar refractivity (Wildman–Crippen MR) is 116 cm³/mol. The normalized spacial score (nSPS) is 15.5. The van der Waals surface area contributed by atoms with Crippen LogP contribution in [-0.4, -0.2) is 34.2 Å². The molecule has 0 radical (unpaired) electrons. The summed E-state index contributed by atoms with van der Waals surface area (Å²) in [6.07, 6.45) is 3.44. The number of fused-ring (bicyclic) bond motifs is 1. The lowest BCUT2D eigenvalue weighted by atomic mass is 9.91. The van der Waals surface area contributed by atoms with E-state index in [1.807, 2.05) is 42.1 Å². The summed E-state index contributed by atoms with van der Waals surface area (Å²) in [6.45, 7) is 4.66. The molecular formula is C24H27N3O2. The zero-order valence-corrected chi connectivity index (χ0v) is 17.0. The van der Waals surface area contributed by atoms with Crippen LogP contribution in [0.1, 0.15) is 24.0 Å². The van der Waals surface area contributed by atoms with E-state index in [1.165, 1.54) is 11.1 Å². The average Bonchev–Trinajstić information content (AvgIpc) is 3.10. The Labute approximate surface area is 171 Å². The van der Waals surface area contributed by atoms with E-state index in [0.717, 1.165) is 43.4 Å². The van der Waals surface area contributed by atoms with Crippen LogP contribution in [0.25, 0.3) is 10.9 Å². The predicted octanol–water partition coefficient (Wildman–Crippen LogP) is 3.91. The van der Waals surface area contributed by atoms with Crippen LogP contribution in [-0.2, 0) is 23.2 Å². The van der Waals surface area contributed by atoms with Gasteiger partial charge in [-0.3, -0.25) is 14.5 Å². The Bertz CT molecular complexity index is 1030. The van der Waals surface area contributed by atoms with Crippen molar-refractivity contribution in [2.45, 2.75) is 26.3 Å². The molecule has 0 aliphatic carbocycles. The van der Waals surface area contributed by atoms with Crippen molar-refractivity contribution in [1.29, 1.82) is 0 Å². The number of Topliss-reactive ketones (excluding diaryl/α,β-unsaturated/α-hetero) is 1. The lowest BCUT2D eigenvalue weighted by Gasteiger charge is -2.31. The van der Waals surface area contributed by atoms with E-state index in [9.17, 15) is 9.59 Å². The molecule has 150 valence electrons. The zero-order chi connectivity index (χ0) is 20.4. The second kappa shape index (κ2) is 8.21. The van der Waals surface area contributed by atoms with Gasteiger partial charge < -0.3 is 9.88 Å². The highest BCUT2D eigenvalue weighted by Gasteiger charge is 2.29. The maximum Gasteiger partial charge on any atom is 0.292 e. The summed E-state index contributed by atoms with van der Waals surface area (Å²) >= 11 is 0. The molecule has 1 aliphatic heterocycles. The molecule has 4 rings (SSSR count). The van der Waals surface area contributed by atoms with Gasteiger partial charge in [0.15, 0.2) is 0 Å². The first-order valence-electron chi connectivity index (χ1n) is 10.2. The Morgan fingerprint density at radius 1 is 1.03 bits per heavy atom. The minimum atomic E-state index is -0.503. The summed E-state index contributed by atoms with van der Waals surface area (Å²) in [4.78, 5) is 27.5. The third-order valence-electron chi connectivity index (χ3n) is 5.85. The van der Waals surface area contributed by atoms with Crippen LogP contribution in [0, 0.1) is 12.8 Å². The standard InChI is InChI=1S/C24H27N3O2/c1-17-3-5-18(6-4-17)16-27-13-10-19(11-14-27)23(28)24(29)25-21-7-8-22-20(15-21)9-12-26(22)2/h3-9,12,15,19H,10-11,13-14,16H2,1-2H3,(H,25,29). The number of nitrogens with zero attached hydrogens (tertiary/aromatic N) is 2. The van der Waals surface area contributed by atoms with Gasteiger partial charge in [0.2, 0.25) is 5.78 Å². The highest BCUT2D eigenvalue weighted by atomic mass is 16.2. The molecule has 0 spiro atoms. The van der Waals surface area contributed by atoms with Crippen molar-refractivity contribution >= 4 is 28.3 Å². The molecule has 3 aromatic rings. The van der Waals surface area contributed by atoms with Gasteiger partial charge in [-0.1, -0.05) is 29.8 Å². The number of piperidine rings is 1. The second-order valence-corrected chi connectivity index (χ2v) is 8.05. The number of aromatic nitrogens is 1. The van der Waals surface area contributed by atoms with Crippen LogP contribution in [0.5, 0.6) is 0 Å². The Morgan fingerprint density at radius 3 is 2.48 bits per heavy atom. The van der Waals surface area contributed by atoms with Crippen LogP contribution in [0.15, 0.2) is 54.7 Å². The first-order valence-corrected chi connectivity index (χ1v) is 10.2. The Hall–Kier alpha value is -2.92. The second-order valence-electron chi connectivity index (χ2n) is 8.05. The molecule has 1 fully saturated rings. The average molecular weight is 389 g/mol.